The summed E-state index contributed by atoms with van der Waals surface area (Å²) in [6.45, 7) is 2.47. The van der Waals surface area contributed by atoms with E-state index in [2.05, 4.69) is 33.4 Å². The van der Waals surface area contributed by atoms with Gasteiger partial charge in [-0.05, 0) is 42.3 Å². The molecule has 0 saturated carbocycles. The van der Waals surface area contributed by atoms with Gasteiger partial charge in [-0.15, -0.1) is 11.8 Å². The first-order valence-corrected chi connectivity index (χ1v) is 9.19. The molecule has 1 N–H and O–H groups in total. The predicted molar refractivity (Wildman–Crippen MR) is 99.7 cm³/mol. The molecular weight excluding hydrogens is 374 g/mol. The van der Waals surface area contributed by atoms with E-state index in [1.54, 1.807) is 18.9 Å². The topological polar surface area (TPSA) is 38.3 Å². The maximum atomic E-state index is 12.2. The quantitative estimate of drug-likeness (QED) is 0.757. The lowest BCUT2D eigenvalue weighted by Crippen LogP contribution is -2.30. The molecule has 0 aliphatic carbocycles. The molecule has 3 nitrogen and oxygen atoms in total. The molecular formula is C18H20BrNO2S. The molecule has 0 unspecified atom stereocenters. The van der Waals surface area contributed by atoms with Gasteiger partial charge in [0.05, 0.1) is 12.4 Å². The fourth-order valence-corrected chi connectivity index (χ4v) is 3.09. The second-order valence-electron chi connectivity index (χ2n) is 5.15. The van der Waals surface area contributed by atoms with Gasteiger partial charge in [0.2, 0.25) is 5.91 Å². The SMILES string of the molecule is COc1ccc(CNC(=O)[C@@H](C)SCc2ccc(Br)cc2)cc1. The molecule has 1 atom stereocenters. The van der Waals surface area contributed by atoms with E-state index >= 15 is 0 Å². The highest BCUT2D eigenvalue weighted by Gasteiger charge is 2.13. The number of benzene rings is 2. The summed E-state index contributed by atoms with van der Waals surface area (Å²) in [5.74, 6) is 1.70. The van der Waals surface area contributed by atoms with E-state index in [1.807, 2.05) is 43.3 Å². The van der Waals surface area contributed by atoms with Gasteiger partial charge in [-0.1, -0.05) is 40.2 Å². The minimum Gasteiger partial charge on any atom is -0.497 e. The van der Waals surface area contributed by atoms with Crippen LogP contribution in [0.3, 0.4) is 0 Å². The van der Waals surface area contributed by atoms with E-state index in [0.717, 1.165) is 21.5 Å². The molecule has 0 aliphatic heterocycles. The van der Waals surface area contributed by atoms with Gasteiger partial charge in [0.1, 0.15) is 5.75 Å². The third-order valence-corrected chi connectivity index (χ3v) is 5.15. The van der Waals surface area contributed by atoms with Gasteiger partial charge >= 0.3 is 0 Å². The number of hydrogen-bond acceptors (Lipinski definition) is 3. The lowest BCUT2D eigenvalue weighted by atomic mass is 10.2. The summed E-state index contributed by atoms with van der Waals surface area (Å²) in [6, 6.07) is 15.9. The van der Waals surface area contributed by atoms with Crippen molar-refractivity contribution in [2.75, 3.05) is 7.11 Å². The highest BCUT2D eigenvalue weighted by atomic mass is 79.9. The number of carbonyl (C=O) groups is 1. The van der Waals surface area contributed by atoms with Crippen molar-refractivity contribution in [2.45, 2.75) is 24.5 Å². The second-order valence-corrected chi connectivity index (χ2v) is 7.39. The molecule has 0 bridgehead atoms. The summed E-state index contributed by atoms with van der Waals surface area (Å²) in [7, 11) is 1.64. The molecule has 23 heavy (non-hydrogen) atoms. The van der Waals surface area contributed by atoms with Crippen molar-refractivity contribution in [3.63, 3.8) is 0 Å². The van der Waals surface area contributed by atoms with Crippen LogP contribution in [0.5, 0.6) is 5.75 Å². The average Bonchev–Trinajstić information content (AvgIpc) is 2.59. The zero-order valence-electron chi connectivity index (χ0n) is 13.2. The lowest BCUT2D eigenvalue weighted by molar-refractivity contribution is -0.120. The zero-order valence-corrected chi connectivity index (χ0v) is 15.6. The van der Waals surface area contributed by atoms with Gasteiger partial charge in [0.25, 0.3) is 0 Å². The Hall–Kier alpha value is -1.46. The minimum atomic E-state index is -0.0862. The van der Waals surface area contributed by atoms with Gasteiger partial charge in [-0.2, -0.15) is 0 Å². The highest BCUT2D eigenvalue weighted by molar-refractivity contribution is 9.10. The van der Waals surface area contributed by atoms with Crippen molar-refractivity contribution in [3.8, 4) is 5.75 Å². The molecule has 0 spiro atoms. The summed E-state index contributed by atoms with van der Waals surface area (Å²) in [6.07, 6.45) is 0. The number of methoxy groups -OCH3 is 1. The summed E-state index contributed by atoms with van der Waals surface area (Å²) in [5.41, 5.74) is 2.28. The van der Waals surface area contributed by atoms with E-state index in [1.165, 1.54) is 5.56 Å². The summed E-state index contributed by atoms with van der Waals surface area (Å²) < 4.78 is 6.19. The Morgan fingerprint density at radius 2 is 1.74 bits per heavy atom. The third kappa shape index (κ3) is 5.92. The number of rotatable bonds is 7. The van der Waals surface area contributed by atoms with Gasteiger partial charge in [0, 0.05) is 16.8 Å². The molecule has 5 heteroatoms. The Labute approximate surface area is 149 Å². The van der Waals surface area contributed by atoms with Gasteiger partial charge < -0.3 is 10.1 Å². The monoisotopic (exact) mass is 393 g/mol. The van der Waals surface area contributed by atoms with Crippen LogP contribution in [0, 0.1) is 0 Å². The van der Waals surface area contributed by atoms with Crippen molar-refractivity contribution in [1.29, 1.82) is 0 Å². The fourth-order valence-electron chi connectivity index (χ4n) is 1.95. The first-order chi connectivity index (χ1) is 11.1. The Morgan fingerprint density at radius 3 is 2.35 bits per heavy atom. The number of ether oxygens (including phenoxy) is 1. The van der Waals surface area contributed by atoms with E-state index in [-0.39, 0.29) is 11.2 Å². The number of nitrogens with one attached hydrogen (secondary N) is 1. The maximum Gasteiger partial charge on any atom is 0.233 e. The number of thioether (sulfide) groups is 1. The lowest BCUT2D eigenvalue weighted by Gasteiger charge is -2.12. The first-order valence-electron chi connectivity index (χ1n) is 7.35. The maximum absolute atomic E-state index is 12.2. The van der Waals surface area contributed by atoms with Crippen molar-refractivity contribution in [3.05, 3.63) is 64.1 Å². The van der Waals surface area contributed by atoms with Crippen LogP contribution in [0.15, 0.2) is 53.0 Å². The predicted octanol–water partition coefficient (Wildman–Crippen LogP) is 4.40. The highest BCUT2D eigenvalue weighted by Crippen LogP contribution is 2.20. The van der Waals surface area contributed by atoms with Crippen molar-refractivity contribution >= 4 is 33.6 Å². The van der Waals surface area contributed by atoms with Crippen LogP contribution >= 0.6 is 27.7 Å². The van der Waals surface area contributed by atoms with Crippen molar-refractivity contribution in [2.24, 2.45) is 0 Å². The van der Waals surface area contributed by atoms with Crippen LogP contribution in [0.1, 0.15) is 18.1 Å². The number of hydrogen-bond donors (Lipinski definition) is 1. The Balaban J connectivity index is 1.76. The minimum absolute atomic E-state index is 0.0583. The molecule has 0 fully saturated rings. The molecule has 2 rings (SSSR count). The Kier molecular flexibility index (Phi) is 6.99. The normalized spacial score (nSPS) is 11.8. The van der Waals surface area contributed by atoms with E-state index in [9.17, 15) is 4.79 Å². The molecule has 0 heterocycles. The van der Waals surface area contributed by atoms with Crippen LogP contribution in [0.4, 0.5) is 0 Å². The molecule has 2 aromatic carbocycles. The summed E-state index contributed by atoms with van der Waals surface area (Å²) >= 11 is 5.06. The largest absolute Gasteiger partial charge is 0.497 e. The van der Waals surface area contributed by atoms with E-state index in [4.69, 9.17) is 4.74 Å². The number of amides is 1. The molecule has 0 radical (unpaired) electrons. The molecule has 1 amide bonds. The van der Waals surface area contributed by atoms with Gasteiger partial charge in [-0.25, -0.2) is 0 Å². The molecule has 0 saturated heterocycles. The molecule has 122 valence electrons. The van der Waals surface area contributed by atoms with E-state index < -0.39 is 0 Å². The fraction of sp³-hybridized carbons (Fsp3) is 0.278. The van der Waals surface area contributed by atoms with E-state index in [0.29, 0.717) is 6.54 Å². The number of carbonyl (C=O) groups excluding carboxylic acids is 1. The van der Waals surface area contributed by atoms with Crippen LogP contribution < -0.4 is 10.1 Å². The Bertz CT molecular complexity index is 628. The molecule has 0 aliphatic rings. The third-order valence-electron chi connectivity index (χ3n) is 3.41. The average molecular weight is 394 g/mol. The Morgan fingerprint density at radius 1 is 1.13 bits per heavy atom. The van der Waals surface area contributed by atoms with Gasteiger partial charge in [-0.3, -0.25) is 4.79 Å². The van der Waals surface area contributed by atoms with Crippen LogP contribution in [-0.2, 0) is 17.1 Å². The van der Waals surface area contributed by atoms with Crippen LogP contribution in [0.2, 0.25) is 0 Å². The summed E-state index contributed by atoms with van der Waals surface area (Å²) in [4.78, 5) is 12.2. The van der Waals surface area contributed by atoms with Gasteiger partial charge in [0.15, 0.2) is 0 Å². The van der Waals surface area contributed by atoms with Crippen LogP contribution in [-0.4, -0.2) is 18.3 Å². The number of halogens is 1. The van der Waals surface area contributed by atoms with Crippen molar-refractivity contribution in [1.82, 2.24) is 5.32 Å². The van der Waals surface area contributed by atoms with Crippen molar-refractivity contribution < 1.29 is 9.53 Å². The first kappa shape index (κ1) is 17.9. The summed E-state index contributed by atoms with van der Waals surface area (Å²) in [5, 5.41) is 2.89. The second kappa shape index (κ2) is 8.99. The smallest absolute Gasteiger partial charge is 0.233 e. The molecule has 0 aromatic heterocycles. The molecule has 2 aromatic rings. The zero-order chi connectivity index (χ0) is 16.7. The standard InChI is InChI=1S/C18H20BrNO2S/c1-13(23-12-15-3-7-16(19)8-4-15)18(21)20-11-14-5-9-17(22-2)10-6-14/h3-10,13H,11-12H2,1-2H3,(H,20,21)/t13-/m1/s1. The van der Waals surface area contributed by atoms with Crippen LogP contribution in [0.25, 0.3) is 0 Å².